The van der Waals surface area contributed by atoms with E-state index in [9.17, 15) is 0 Å². The van der Waals surface area contributed by atoms with Crippen molar-refractivity contribution in [3.05, 3.63) is 224 Å². The van der Waals surface area contributed by atoms with Crippen molar-refractivity contribution in [3.63, 3.8) is 0 Å². The second-order valence-corrected chi connectivity index (χ2v) is 15.8. The number of pyridine rings is 2. The molecule has 3 aromatic heterocycles. The van der Waals surface area contributed by atoms with Gasteiger partial charge >= 0.3 is 0 Å². The number of hydrogen-bond acceptors (Lipinski definition) is 2. The average molecular weight is 776 g/mol. The molecule has 0 saturated carbocycles. The van der Waals surface area contributed by atoms with Gasteiger partial charge < -0.3 is 4.57 Å². The van der Waals surface area contributed by atoms with Gasteiger partial charge in [0, 0.05) is 49.3 Å². The number of para-hydroxylation sites is 2. The van der Waals surface area contributed by atoms with Crippen LogP contribution < -0.4 is 0 Å². The Morgan fingerprint density at radius 2 is 0.852 bits per heavy atom. The molecule has 0 atom stereocenters. The maximum Gasteiger partial charge on any atom is 0.0788 e. The van der Waals surface area contributed by atoms with Gasteiger partial charge in [-0.15, -0.1) is 0 Å². The molecule has 0 aliphatic heterocycles. The second kappa shape index (κ2) is 14.3. The van der Waals surface area contributed by atoms with E-state index in [4.69, 9.17) is 9.97 Å². The Morgan fingerprint density at radius 3 is 1.54 bits per heavy atom. The number of nitrogens with zero attached hydrogens (tertiary/aromatic N) is 3. The Hall–Kier alpha value is -8.14. The molecule has 0 aliphatic carbocycles. The first-order valence-corrected chi connectivity index (χ1v) is 20.8. The summed E-state index contributed by atoms with van der Waals surface area (Å²) >= 11 is 0. The molecule has 0 N–H and O–H groups in total. The van der Waals surface area contributed by atoms with E-state index < -0.39 is 0 Å². The van der Waals surface area contributed by atoms with Crippen molar-refractivity contribution in [2.24, 2.45) is 0 Å². The zero-order chi connectivity index (χ0) is 40.3. The molecule has 12 rings (SSSR count). The summed E-state index contributed by atoms with van der Waals surface area (Å²) in [5.74, 6) is 0. The zero-order valence-electron chi connectivity index (χ0n) is 33.2. The van der Waals surface area contributed by atoms with E-state index in [1.165, 1.54) is 43.5 Å². The van der Waals surface area contributed by atoms with Crippen LogP contribution in [0, 0.1) is 0 Å². The monoisotopic (exact) mass is 775 g/mol. The van der Waals surface area contributed by atoms with Crippen LogP contribution in [0.1, 0.15) is 0 Å². The number of aromatic nitrogens is 3. The van der Waals surface area contributed by atoms with Crippen molar-refractivity contribution < 1.29 is 0 Å². The Balaban J connectivity index is 0.983. The first kappa shape index (κ1) is 34.9. The number of benzene rings is 9. The first-order chi connectivity index (χ1) is 30.2. The Kier molecular flexibility index (Phi) is 8.17. The highest BCUT2D eigenvalue weighted by atomic mass is 15.0. The molecule has 0 bridgehead atoms. The fourth-order valence-electron chi connectivity index (χ4n) is 9.23. The molecule has 0 saturated heterocycles. The van der Waals surface area contributed by atoms with E-state index in [2.05, 4.69) is 217 Å². The average Bonchev–Trinajstić information content (AvgIpc) is 3.68. The first-order valence-electron chi connectivity index (χ1n) is 20.8. The van der Waals surface area contributed by atoms with Crippen molar-refractivity contribution in [2.75, 3.05) is 0 Å². The molecule has 3 heterocycles. The summed E-state index contributed by atoms with van der Waals surface area (Å²) in [5, 5.41) is 8.42. The maximum absolute atomic E-state index is 5.44. The van der Waals surface area contributed by atoms with Crippen LogP contribution in [0.3, 0.4) is 0 Å². The number of hydrogen-bond donors (Lipinski definition) is 0. The predicted octanol–water partition coefficient (Wildman–Crippen LogP) is 15.4. The highest BCUT2D eigenvalue weighted by molar-refractivity contribution is 6.23. The Morgan fingerprint density at radius 1 is 0.295 bits per heavy atom. The van der Waals surface area contributed by atoms with Gasteiger partial charge in [0.1, 0.15) is 0 Å². The van der Waals surface area contributed by atoms with Crippen LogP contribution in [-0.4, -0.2) is 14.5 Å². The highest BCUT2D eigenvalue weighted by Crippen LogP contribution is 2.40. The van der Waals surface area contributed by atoms with Gasteiger partial charge in [-0.05, 0) is 81.6 Å². The quantitative estimate of drug-likeness (QED) is 0.158. The molecule has 0 radical (unpaired) electrons. The van der Waals surface area contributed by atoms with Gasteiger partial charge in [0.05, 0.1) is 33.6 Å². The van der Waals surface area contributed by atoms with Crippen LogP contribution in [0.25, 0.3) is 116 Å². The lowest BCUT2D eigenvalue weighted by Gasteiger charge is -2.15. The van der Waals surface area contributed by atoms with Crippen molar-refractivity contribution >= 4 is 54.3 Å². The number of fused-ring (bicyclic) bond motifs is 8. The molecule has 284 valence electrons. The molecule has 0 aliphatic rings. The molecule has 12 aromatic rings. The molecule has 61 heavy (non-hydrogen) atoms. The SMILES string of the molecule is c1ccc(-c2cc(-c3ccc4nc(-c5ccc(-c6cccc(-n7c8ccccc8c8ccccc87)c6)cc5)c5ccc6ccccc6c5c4c3)cc(-c3ccccc3)n2)cc1. The molecule has 9 aromatic carbocycles. The highest BCUT2D eigenvalue weighted by Gasteiger charge is 2.17. The van der Waals surface area contributed by atoms with E-state index in [1.807, 2.05) is 12.1 Å². The van der Waals surface area contributed by atoms with Gasteiger partial charge in [0.25, 0.3) is 0 Å². The molecule has 0 unspecified atom stereocenters. The van der Waals surface area contributed by atoms with E-state index in [-0.39, 0.29) is 0 Å². The van der Waals surface area contributed by atoms with Gasteiger partial charge in [-0.3, -0.25) is 0 Å². The standard InChI is InChI=1S/C58H37N3/c1-3-15-40(16-4-1)53-36-45(37-54(59-53)41-17-5-2-6-18-41)44-31-33-52-51(35-44)57-47-21-8-7-14-39(47)30-32-50(57)58(60-52)42-28-26-38(27-29-42)43-19-13-20-46(34-43)61-55-24-11-9-22-48(55)49-23-10-12-25-56(49)61/h1-37H. The largest absolute Gasteiger partial charge is 0.309 e. The minimum absolute atomic E-state index is 0.947. The van der Waals surface area contributed by atoms with Gasteiger partial charge in [0.15, 0.2) is 0 Å². The van der Waals surface area contributed by atoms with Gasteiger partial charge in [0.2, 0.25) is 0 Å². The van der Waals surface area contributed by atoms with Crippen LogP contribution in [0.15, 0.2) is 224 Å². The molecule has 3 nitrogen and oxygen atoms in total. The smallest absolute Gasteiger partial charge is 0.0788 e. The minimum Gasteiger partial charge on any atom is -0.309 e. The van der Waals surface area contributed by atoms with Crippen molar-refractivity contribution in [1.82, 2.24) is 14.5 Å². The summed E-state index contributed by atoms with van der Waals surface area (Å²) in [4.78, 5) is 10.6. The topological polar surface area (TPSA) is 30.7 Å². The van der Waals surface area contributed by atoms with Gasteiger partial charge in [-0.25, -0.2) is 9.97 Å². The van der Waals surface area contributed by atoms with Crippen molar-refractivity contribution in [3.8, 4) is 61.7 Å². The summed E-state index contributed by atoms with van der Waals surface area (Å²) in [7, 11) is 0. The summed E-state index contributed by atoms with van der Waals surface area (Å²) in [6.45, 7) is 0. The van der Waals surface area contributed by atoms with E-state index in [1.54, 1.807) is 0 Å². The third-order valence-corrected chi connectivity index (χ3v) is 12.2. The summed E-state index contributed by atoms with van der Waals surface area (Å²) in [6, 6.07) is 80.4. The second-order valence-electron chi connectivity index (χ2n) is 15.8. The zero-order valence-corrected chi connectivity index (χ0v) is 33.2. The molecule has 0 spiro atoms. The van der Waals surface area contributed by atoms with Crippen molar-refractivity contribution in [2.45, 2.75) is 0 Å². The third kappa shape index (κ3) is 5.98. The number of rotatable bonds is 6. The molecular weight excluding hydrogens is 739 g/mol. The van der Waals surface area contributed by atoms with Gasteiger partial charge in [-0.1, -0.05) is 176 Å². The summed E-state index contributed by atoms with van der Waals surface area (Å²) in [5.41, 5.74) is 15.2. The minimum atomic E-state index is 0.947. The molecular formula is C58H37N3. The van der Waals surface area contributed by atoms with Crippen LogP contribution in [0.2, 0.25) is 0 Å². The van der Waals surface area contributed by atoms with Crippen LogP contribution >= 0.6 is 0 Å². The van der Waals surface area contributed by atoms with E-state index in [0.717, 1.165) is 72.4 Å². The van der Waals surface area contributed by atoms with Crippen LogP contribution in [0.5, 0.6) is 0 Å². The third-order valence-electron chi connectivity index (χ3n) is 12.2. The Bertz CT molecular complexity index is 3510. The predicted molar refractivity (Wildman–Crippen MR) is 256 cm³/mol. The van der Waals surface area contributed by atoms with Crippen molar-refractivity contribution in [1.29, 1.82) is 0 Å². The molecule has 0 amide bonds. The lowest BCUT2D eigenvalue weighted by atomic mass is 9.92. The summed E-state index contributed by atoms with van der Waals surface area (Å²) < 4.78 is 2.38. The Labute approximate surface area is 353 Å². The fraction of sp³-hybridized carbons (Fsp3) is 0. The van der Waals surface area contributed by atoms with Gasteiger partial charge in [-0.2, -0.15) is 0 Å². The summed E-state index contributed by atoms with van der Waals surface area (Å²) in [6.07, 6.45) is 0. The molecule has 0 fully saturated rings. The lowest BCUT2D eigenvalue weighted by molar-refractivity contribution is 1.18. The van der Waals surface area contributed by atoms with Crippen LogP contribution in [-0.2, 0) is 0 Å². The van der Waals surface area contributed by atoms with Crippen LogP contribution in [0.4, 0.5) is 0 Å². The normalized spacial score (nSPS) is 11.6. The molecule has 3 heteroatoms. The lowest BCUT2D eigenvalue weighted by Crippen LogP contribution is -1.94. The fourth-order valence-corrected chi connectivity index (χ4v) is 9.23. The maximum atomic E-state index is 5.44. The van der Waals surface area contributed by atoms with E-state index >= 15 is 0 Å². The van der Waals surface area contributed by atoms with E-state index in [0.29, 0.717) is 0 Å².